The minimum Gasteiger partial charge on any atom is -0.268 e. The molecule has 0 fully saturated rings. The Morgan fingerprint density at radius 2 is 1.76 bits per heavy atom. The summed E-state index contributed by atoms with van der Waals surface area (Å²) in [7, 11) is 0. The molecule has 0 aliphatic heterocycles. The Bertz CT molecular complexity index is 1200. The highest BCUT2D eigenvalue weighted by atomic mass is 16.1. The van der Waals surface area contributed by atoms with Gasteiger partial charge < -0.3 is 0 Å². The van der Waals surface area contributed by atoms with Crippen molar-refractivity contribution in [3.05, 3.63) is 65.2 Å². The van der Waals surface area contributed by atoms with Crippen LogP contribution in [0.2, 0.25) is 0 Å². The highest BCUT2D eigenvalue weighted by molar-refractivity contribution is 6.15. The summed E-state index contributed by atoms with van der Waals surface area (Å²) >= 11 is 0. The van der Waals surface area contributed by atoms with E-state index in [0.29, 0.717) is 5.65 Å². The predicted octanol–water partition coefficient (Wildman–Crippen LogP) is 2.99. The molecular formula is C17H9N3O. The SMILES string of the molecule is O=c1c2cccc3cccc(c32)c2nc3cnccc3n12. The summed E-state index contributed by atoms with van der Waals surface area (Å²) in [5.74, 6) is 0. The molecule has 0 amide bonds. The lowest BCUT2D eigenvalue weighted by Gasteiger charge is -2.06. The first kappa shape index (κ1) is 10.7. The Morgan fingerprint density at radius 3 is 2.62 bits per heavy atom. The van der Waals surface area contributed by atoms with Gasteiger partial charge in [0.05, 0.1) is 11.7 Å². The second kappa shape index (κ2) is 3.55. The van der Waals surface area contributed by atoms with Gasteiger partial charge in [0.15, 0.2) is 0 Å². The summed E-state index contributed by atoms with van der Waals surface area (Å²) in [5, 5.41) is 3.78. The molecule has 0 N–H and O–H groups in total. The maximum absolute atomic E-state index is 12.9. The standard InChI is InChI=1S/C17H9N3O/c21-17-12-6-2-4-10-3-1-5-11(15(10)12)16-19-13-9-18-8-7-14(13)20(16)17/h1-9H. The van der Waals surface area contributed by atoms with Crippen LogP contribution in [0.3, 0.4) is 0 Å². The van der Waals surface area contributed by atoms with Crippen LogP contribution in [0.1, 0.15) is 0 Å². The first-order valence-corrected chi connectivity index (χ1v) is 6.74. The molecule has 4 nitrogen and oxygen atoms in total. The Morgan fingerprint density at radius 1 is 0.952 bits per heavy atom. The fraction of sp³-hybridized carbons (Fsp3) is 0. The van der Waals surface area contributed by atoms with E-state index in [1.54, 1.807) is 16.8 Å². The normalized spacial score (nSPS) is 12.0. The maximum atomic E-state index is 12.9. The van der Waals surface area contributed by atoms with Gasteiger partial charge in [-0.15, -0.1) is 0 Å². The van der Waals surface area contributed by atoms with Crippen molar-refractivity contribution in [1.29, 1.82) is 0 Å². The van der Waals surface area contributed by atoms with E-state index in [2.05, 4.69) is 9.97 Å². The summed E-state index contributed by atoms with van der Waals surface area (Å²) in [6.45, 7) is 0. The number of aromatic nitrogens is 3. The van der Waals surface area contributed by atoms with E-state index in [1.807, 2.05) is 42.5 Å². The number of imidazole rings is 1. The topological polar surface area (TPSA) is 47.3 Å². The van der Waals surface area contributed by atoms with Crippen molar-refractivity contribution in [3.63, 3.8) is 0 Å². The molecule has 0 aliphatic rings. The van der Waals surface area contributed by atoms with Gasteiger partial charge >= 0.3 is 0 Å². The third kappa shape index (κ3) is 1.22. The minimum absolute atomic E-state index is 0.0250. The van der Waals surface area contributed by atoms with Crippen molar-refractivity contribution >= 4 is 38.2 Å². The number of benzene rings is 2. The van der Waals surface area contributed by atoms with Crippen LogP contribution in [0.4, 0.5) is 0 Å². The van der Waals surface area contributed by atoms with Gasteiger partial charge in [0.1, 0.15) is 11.2 Å². The van der Waals surface area contributed by atoms with Gasteiger partial charge in [0.25, 0.3) is 5.56 Å². The monoisotopic (exact) mass is 271 g/mol. The van der Waals surface area contributed by atoms with Crippen molar-refractivity contribution in [2.24, 2.45) is 0 Å². The number of hydrogen-bond donors (Lipinski definition) is 0. The smallest absolute Gasteiger partial charge is 0.264 e. The zero-order valence-corrected chi connectivity index (χ0v) is 10.9. The fourth-order valence-corrected chi connectivity index (χ4v) is 3.14. The van der Waals surface area contributed by atoms with Gasteiger partial charge in [-0.1, -0.05) is 30.3 Å². The van der Waals surface area contributed by atoms with Gasteiger partial charge in [0, 0.05) is 22.4 Å². The summed E-state index contributed by atoms with van der Waals surface area (Å²) in [4.78, 5) is 21.6. The number of fused-ring (bicyclic) bond motifs is 4. The zero-order chi connectivity index (χ0) is 14.0. The van der Waals surface area contributed by atoms with Gasteiger partial charge in [0.2, 0.25) is 0 Å². The summed E-state index contributed by atoms with van der Waals surface area (Å²) in [6.07, 6.45) is 3.38. The molecule has 21 heavy (non-hydrogen) atoms. The molecule has 98 valence electrons. The molecule has 0 radical (unpaired) electrons. The van der Waals surface area contributed by atoms with Crippen molar-refractivity contribution in [3.8, 4) is 0 Å². The van der Waals surface area contributed by atoms with Crippen LogP contribution in [0.5, 0.6) is 0 Å². The van der Waals surface area contributed by atoms with Crippen LogP contribution in [0.25, 0.3) is 38.2 Å². The van der Waals surface area contributed by atoms with E-state index < -0.39 is 0 Å². The lowest BCUT2D eigenvalue weighted by atomic mass is 10.0. The van der Waals surface area contributed by atoms with Crippen LogP contribution in [-0.4, -0.2) is 14.4 Å². The molecule has 0 saturated carbocycles. The Balaban J connectivity index is 2.27. The molecule has 0 unspecified atom stereocenters. The lowest BCUT2D eigenvalue weighted by Crippen LogP contribution is -2.13. The van der Waals surface area contributed by atoms with E-state index in [0.717, 1.165) is 32.6 Å². The summed E-state index contributed by atoms with van der Waals surface area (Å²) in [5.41, 5.74) is 2.22. The molecule has 5 aromatic rings. The molecule has 0 atom stereocenters. The first-order valence-electron chi connectivity index (χ1n) is 6.74. The largest absolute Gasteiger partial charge is 0.268 e. The van der Waals surface area contributed by atoms with Crippen LogP contribution in [-0.2, 0) is 0 Å². The minimum atomic E-state index is -0.0250. The average Bonchev–Trinajstić information content (AvgIpc) is 2.92. The molecule has 5 rings (SSSR count). The highest BCUT2D eigenvalue weighted by Gasteiger charge is 2.15. The number of rotatable bonds is 0. The summed E-state index contributed by atoms with van der Waals surface area (Å²) < 4.78 is 1.69. The van der Waals surface area contributed by atoms with Gasteiger partial charge in [-0.2, -0.15) is 0 Å². The molecule has 0 aliphatic carbocycles. The second-order valence-electron chi connectivity index (χ2n) is 5.15. The number of nitrogens with zero attached hydrogens (tertiary/aromatic N) is 3. The fourth-order valence-electron chi connectivity index (χ4n) is 3.14. The van der Waals surface area contributed by atoms with Crippen LogP contribution < -0.4 is 5.56 Å². The van der Waals surface area contributed by atoms with Crippen LogP contribution in [0.15, 0.2) is 59.7 Å². The molecule has 3 heterocycles. The molecule has 4 heteroatoms. The highest BCUT2D eigenvalue weighted by Crippen LogP contribution is 2.28. The first-order chi connectivity index (χ1) is 10.3. The molecule has 2 aromatic carbocycles. The Labute approximate surface area is 118 Å². The molecule has 0 bridgehead atoms. The second-order valence-corrected chi connectivity index (χ2v) is 5.15. The Kier molecular flexibility index (Phi) is 1.81. The van der Waals surface area contributed by atoms with Crippen molar-refractivity contribution in [1.82, 2.24) is 14.4 Å². The van der Waals surface area contributed by atoms with Gasteiger partial charge in [-0.05, 0) is 17.5 Å². The molecule has 0 spiro atoms. The average molecular weight is 271 g/mol. The van der Waals surface area contributed by atoms with E-state index in [-0.39, 0.29) is 5.56 Å². The van der Waals surface area contributed by atoms with Crippen LogP contribution >= 0.6 is 0 Å². The molecule has 0 saturated heterocycles. The van der Waals surface area contributed by atoms with Crippen molar-refractivity contribution in [2.75, 3.05) is 0 Å². The maximum Gasteiger partial charge on any atom is 0.264 e. The van der Waals surface area contributed by atoms with E-state index >= 15 is 0 Å². The van der Waals surface area contributed by atoms with Crippen LogP contribution in [0, 0.1) is 0 Å². The number of pyridine rings is 2. The molecule has 3 aromatic heterocycles. The van der Waals surface area contributed by atoms with E-state index in [1.165, 1.54) is 0 Å². The lowest BCUT2D eigenvalue weighted by molar-refractivity contribution is 1.19. The quantitative estimate of drug-likeness (QED) is 0.435. The van der Waals surface area contributed by atoms with E-state index in [9.17, 15) is 4.79 Å². The van der Waals surface area contributed by atoms with Gasteiger partial charge in [-0.25, -0.2) is 4.98 Å². The molecular weight excluding hydrogens is 262 g/mol. The number of hydrogen-bond acceptors (Lipinski definition) is 3. The van der Waals surface area contributed by atoms with Crippen molar-refractivity contribution < 1.29 is 0 Å². The van der Waals surface area contributed by atoms with Crippen molar-refractivity contribution in [2.45, 2.75) is 0 Å². The predicted molar refractivity (Wildman–Crippen MR) is 83.0 cm³/mol. The van der Waals surface area contributed by atoms with E-state index in [4.69, 9.17) is 0 Å². The zero-order valence-electron chi connectivity index (χ0n) is 10.9. The third-order valence-corrected chi connectivity index (χ3v) is 4.04. The van der Waals surface area contributed by atoms with Gasteiger partial charge in [-0.3, -0.25) is 14.2 Å². The third-order valence-electron chi connectivity index (χ3n) is 4.04. The Hall–Kier alpha value is -3.01. The summed E-state index contributed by atoms with van der Waals surface area (Å²) in [6, 6.07) is 13.7.